The first-order valence-electron chi connectivity index (χ1n) is 10.2. The van der Waals surface area contributed by atoms with Gasteiger partial charge in [-0.25, -0.2) is 8.42 Å². The lowest BCUT2D eigenvalue weighted by Gasteiger charge is -2.35. The highest BCUT2D eigenvalue weighted by Crippen LogP contribution is 2.20. The molecule has 0 atom stereocenters. The molecule has 0 spiro atoms. The Hall–Kier alpha value is -1.74. The van der Waals surface area contributed by atoms with Crippen LogP contribution in [-0.4, -0.2) is 74.2 Å². The van der Waals surface area contributed by atoms with Crippen molar-refractivity contribution in [1.82, 2.24) is 14.1 Å². The van der Waals surface area contributed by atoms with Gasteiger partial charge in [0.05, 0.1) is 11.4 Å². The van der Waals surface area contributed by atoms with E-state index in [1.54, 1.807) is 29.2 Å². The summed E-state index contributed by atoms with van der Waals surface area (Å²) in [6.07, 6.45) is 0.549. The Bertz CT molecular complexity index is 928. The molecule has 1 aliphatic heterocycles. The van der Waals surface area contributed by atoms with Crippen molar-refractivity contribution in [2.24, 2.45) is 0 Å². The molecule has 1 heterocycles. The minimum atomic E-state index is -3.78. The molecule has 8 heteroatoms. The molecule has 1 amide bonds. The number of hydrogen-bond donors (Lipinski definition) is 0. The molecule has 1 aliphatic rings. The average molecular weight is 494 g/mol. The quantitative estimate of drug-likeness (QED) is 0.567. The van der Waals surface area contributed by atoms with Gasteiger partial charge in [0.25, 0.3) is 0 Å². The van der Waals surface area contributed by atoms with Crippen LogP contribution in [0, 0.1) is 0 Å². The highest BCUT2D eigenvalue weighted by atomic mass is 79.9. The standard InChI is InChI=1S/C22H28BrN3O3S/c1-2-24-14-16-25(17-15-24)22(27)18-26(13-12-19-6-4-3-5-7-19)30(28,29)21-10-8-20(23)9-11-21/h3-11H,2,12-18H2,1H3. The van der Waals surface area contributed by atoms with Crippen molar-refractivity contribution < 1.29 is 13.2 Å². The lowest BCUT2D eigenvalue weighted by Crippen LogP contribution is -2.51. The molecule has 0 saturated carbocycles. The van der Waals surface area contributed by atoms with E-state index in [2.05, 4.69) is 27.8 Å². The van der Waals surface area contributed by atoms with E-state index in [4.69, 9.17) is 0 Å². The van der Waals surface area contributed by atoms with Crippen molar-refractivity contribution in [3.63, 3.8) is 0 Å². The number of rotatable bonds is 8. The van der Waals surface area contributed by atoms with E-state index in [9.17, 15) is 13.2 Å². The molecule has 0 unspecified atom stereocenters. The van der Waals surface area contributed by atoms with Crippen molar-refractivity contribution in [2.45, 2.75) is 18.2 Å². The number of benzene rings is 2. The van der Waals surface area contributed by atoms with E-state index in [1.165, 1.54) is 4.31 Å². The Labute approximate surface area is 187 Å². The summed E-state index contributed by atoms with van der Waals surface area (Å²) in [7, 11) is -3.78. The number of amides is 1. The van der Waals surface area contributed by atoms with Crippen LogP contribution >= 0.6 is 15.9 Å². The van der Waals surface area contributed by atoms with Gasteiger partial charge >= 0.3 is 0 Å². The van der Waals surface area contributed by atoms with Gasteiger partial charge in [0.15, 0.2) is 0 Å². The summed E-state index contributed by atoms with van der Waals surface area (Å²) < 4.78 is 28.8. The number of piperazine rings is 1. The van der Waals surface area contributed by atoms with Crippen LogP contribution in [0.15, 0.2) is 64.0 Å². The van der Waals surface area contributed by atoms with Crippen LogP contribution in [0.5, 0.6) is 0 Å². The van der Waals surface area contributed by atoms with Gasteiger partial charge in [-0.15, -0.1) is 0 Å². The zero-order valence-electron chi connectivity index (χ0n) is 17.2. The molecule has 2 aromatic rings. The van der Waals surface area contributed by atoms with Crippen LogP contribution < -0.4 is 0 Å². The second-order valence-electron chi connectivity index (χ2n) is 7.34. The summed E-state index contributed by atoms with van der Waals surface area (Å²) in [5.41, 5.74) is 1.04. The summed E-state index contributed by atoms with van der Waals surface area (Å²) in [5, 5.41) is 0. The van der Waals surface area contributed by atoms with Crippen LogP contribution in [0.25, 0.3) is 0 Å². The zero-order valence-corrected chi connectivity index (χ0v) is 19.6. The second kappa shape index (κ2) is 10.5. The van der Waals surface area contributed by atoms with Crippen LogP contribution in [0.4, 0.5) is 0 Å². The number of sulfonamides is 1. The van der Waals surface area contributed by atoms with Gasteiger partial charge < -0.3 is 9.80 Å². The first-order valence-corrected chi connectivity index (χ1v) is 12.4. The van der Waals surface area contributed by atoms with Crippen LogP contribution in [0.3, 0.4) is 0 Å². The maximum absolute atomic E-state index is 13.3. The lowest BCUT2D eigenvalue weighted by molar-refractivity contribution is -0.133. The number of hydrogen-bond acceptors (Lipinski definition) is 4. The topological polar surface area (TPSA) is 60.9 Å². The fourth-order valence-corrected chi connectivity index (χ4v) is 5.16. The maximum Gasteiger partial charge on any atom is 0.243 e. The number of carbonyl (C=O) groups excluding carboxylic acids is 1. The highest BCUT2D eigenvalue weighted by molar-refractivity contribution is 9.10. The van der Waals surface area contributed by atoms with Crippen LogP contribution in [-0.2, 0) is 21.2 Å². The van der Waals surface area contributed by atoms with Gasteiger partial charge in [-0.1, -0.05) is 53.2 Å². The fourth-order valence-electron chi connectivity index (χ4n) is 3.50. The van der Waals surface area contributed by atoms with Crippen LogP contribution in [0.2, 0.25) is 0 Å². The minimum Gasteiger partial charge on any atom is -0.339 e. The molecule has 3 rings (SSSR count). The highest BCUT2D eigenvalue weighted by Gasteiger charge is 2.29. The SMILES string of the molecule is CCN1CCN(C(=O)CN(CCc2ccccc2)S(=O)(=O)c2ccc(Br)cc2)CC1. The summed E-state index contributed by atoms with van der Waals surface area (Å²) in [5.74, 6) is -0.139. The minimum absolute atomic E-state index is 0.139. The van der Waals surface area contributed by atoms with Gasteiger partial charge in [-0.05, 0) is 42.8 Å². The van der Waals surface area contributed by atoms with E-state index < -0.39 is 10.0 Å². The molecule has 0 aliphatic carbocycles. The van der Waals surface area contributed by atoms with Gasteiger partial charge in [-0.3, -0.25) is 4.79 Å². The number of halogens is 1. The van der Waals surface area contributed by atoms with E-state index >= 15 is 0 Å². The molecule has 0 N–H and O–H groups in total. The Morgan fingerprint density at radius 1 is 1.00 bits per heavy atom. The summed E-state index contributed by atoms with van der Waals surface area (Å²) in [4.78, 5) is 17.2. The molecule has 2 aromatic carbocycles. The Kier molecular flexibility index (Phi) is 8.05. The van der Waals surface area contributed by atoms with Crippen molar-refractivity contribution in [3.8, 4) is 0 Å². The summed E-state index contributed by atoms with van der Waals surface area (Å²) >= 11 is 3.34. The van der Waals surface area contributed by atoms with Gasteiger partial charge in [0.2, 0.25) is 15.9 Å². The summed E-state index contributed by atoms with van der Waals surface area (Å²) in [6.45, 7) is 6.10. The molecular formula is C22H28BrN3O3S. The van der Waals surface area contributed by atoms with Crippen molar-refractivity contribution in [3.05, 3.63) is 64.6 Å². The molecule has 0 bridgehead atoms. The third-order valence-electron chi connectivity index (χ3n) is 5.43. The third-order valence-corrected chi connectivity index (χ3v) is 7.82. The van der Waals surface area contributed by atoms with E-state index in [0.29, 0.717) is 19.5 Å². The van der Waals surface area contributed by atoms with E-state index in [1.807, 2.05) is 30.3 Å². The van der Waals surface area contributed by atoms with E-state index in [0.717, 1.165) is 29.7 Å². The smallest absolute Gasteiger partial charge is 0.243 e. The molecule has 6 nitrogen and oxygen atoms in total. The molecule has 1 saturated heterocycles. The molecule has 0 aromatic heterocycles. The zero-order chi connectivity index (χ0) is 21.6. The van der Waals surface area contributed by atoms with Gasteiger partial charge in [-0.2, -0.15) is 4.31 Å². The lowest BCUT2D eigenvalue weighted by atomic mass is 10.1. The predicted octanol–water partition coefficient (Wildman–Crippen LogP) is 2.85. The Balaban J connectivity index is 1.76. The maximum atomic E-state index is 13.3. The third kappa shape index (κ3) is 5.91. The molecular weight excluding hydrogens is 466 g/mol. The van der Waals surface area contributed by atoms with Crippen molar-refractivity contribution in [2.75, 3.05) is 45.8 Å². The normalized spacial score (nSPS) is 15.5. The van der Waals surface area contributed by atoms with E-state index in [-0.39, 0.29) is 23.9 Å². The summed E-state index contributed by atoms with van der Waals surface area (Å²) in [6, 6.07) is 16.3. The number of carbonyl (C=O) groups is 1. The first-order chi connectivity index (χ1) is 14.4. The molecule has 30 heavy (non-hydrogen) atoms. The monoisotopic (exact) mass is 493 g/mol. The van der Waals surface area contributed by atoms with Crippen LogP contribution in [0.1, 0.15) is 12.5 Å². The first kappa shape index (κ1) is 22.9. The van der Waals surface area contributed by atoms with Crippen molar-refractivity contribution >= 4 is 31.9 Å². The fraction of sp³-hybridized carbons (Fsp3) is 0.409. The predicted molar refractivity (Wildman–Crippen MR) is 122 cm³/mol. The number of nitrogens with zero attached hydrogens (tertiary/aromatic N) is 3. The van der Waals surface area contributed by atoms with Gasteiger partial charge in [0, 0.05) is 37.2 Å². The molecule has 1 fully saturated rings. The largest absolute Gasteiger partial charge is 0.339 e. The second-order valence-corrected chi connectivity index (χ2v) is 10.2. The average Bonchev–Trinajstić information content (AvgIpc) is 2.77. The van der Waals surface area contributed by atoms with Crippen molar-refractivity contribution in [1.29, 1.82) is 0 Å². The number of likely N-dealkylation sites (N-methyl/N-ethyl adjacent to an activating group) is 1. The molecule has 162 valence electrons. The Morgan fingerprint density at radius 2 is 1.63 bits per heavy atom. The Morgan fingerprint density at radius 3 is 2.23 bits per heavy atom. The molecule has 0 radical (unpaired) electrons. The van der Waals surface area contributed by atoms with Gasteiger partial charge in [0.1, 0.15) is 0 Å².